The summed E-state index contributed by atoms with van der Waals surface area (Å²) >= 11 is 0. The molecule has 0 spiro atoms. The summed E-state index contributed by atoms with van der Waals surface area (Å²) in [5.74, 6) is -0.837. The minimum Gasteiger partial charge on any atom is -0.356 e. The number of methoxy groups -OCH3 is 1. The molecule has 1 amide bonds. The zero-order chi connectivity index (χ0) is 16.4. The molecule has 122 valence electrons. The highest BCUT2D eigenvalue weighted by Crippen LogP contribution is 2.43. The number of carbonyl (C=O) groups is 1. The molecule has 1 aromatic rings. The van der Waals surface area contributed by atoms with Gasteiger partial charge in [-0.1, -0.05) is 37.3 Å². The van der Waals surface area contributed by atoms with Gasteiger partial charge in [0.2, 0.25) is 0 Å². The van der Waals surface area contributed by atoms with Gasteiger partial charge in [-0.2, -0.15) is 13.2 Å². The summed E-state index contributed by atoms with van der Waals surface area (Å²) in [6.45, 7) is 2.59. The van der Waals surface area contributed by atoms with Gasteiger partial charge in [0.15, 0.2) is 0 Å². The highest BCUT2D eigenvalue weighted by Gasteiger charge is 2.63. The second-order valence-electron chi connectivity index (χ2n) is 5.75. The molecule has 2 atom stereocenters. The van der Waals surface area contributed by atoms with Gasteiger partial charge in [-0.25, -0.2) is 0 Å². The topological polar surface area (TPSA) is 29.5 Å². The minimum atomic E-state index is -4.83. The number of halogens is 3. The number of likely N-dealkylation sites (tertiary alicyclic amines) is 1. The van der Waals surface area contributed by atoms with E-state index in [1.54, 1.807) is 6.07 Å². The molecule has 1 aliphatic rings. The lowest BCUT2D eigenvalue weighted by atomic mass is 9.89. The quantitative estimate of drug-likeness (QED) is 0.856. The van der Waals surface area contributed by atoms with E-state index in [9.17, 15) is 18.0 Å². The Morgan fingerprint density at radius 2 is 1.91 bits per heavy atom. The highest BCUT2D eigenvalue weighted by molar-refractivity contribution is 5.88. The van der Waals surface area contributed by atoms with Crippen molar-refractivity contribution in [2.45, 2.75) is 31.5 Å². The maximum atomic E-state index is 13.8. The molecule has 1 aliphatic heterocycles. The summed E-state index contributed by atoms with van der Waals surface area (Å²) in [7, 11) is 0.936. The van der Waals surface area contributed by atoms with E-state index in [1.165, 1.54) is 29.2 Å². The molecule has 1 aromatic carbocycles. The van der Waals surface area contributed by atoms with Crippen LogP contribution in [0.25, 0.3) is 0 Å². The zero-order valence-electron chi connectivity index (χ0n) is 12.7. The van der Waals surface area contributed by atoms with E-state index < -0.39 is 17.7 Å². The second-order valence-corrected chi connectivity index (χ2v) is 5.75. The van der Waals surface area contributed by atoms with E-state index in [0.717, 1.165) is 13.5 Å². The van der Waals surface area contributed by atoms with Crippen molar-refractivity contribution >= 4 is 5.91 Å². The van der Waals surface area contributed by atoms with Crippen molar-refractivity contribution in [2.24, 2.45) is 5.92 Å². The van der Waals surface area contributed by atoms with Gasteiger partial charge in [0.25, 0.3) is 11.5 Å². The lowest BCUT2D eigenvalue weighted by Gasteiger charge is -2.40. The second kappa shape index (κ2) is 6.28. The van der Waals surface area contributed by atoms with Crippen molar-refractivity contribution in [2.75, 3.05) is 20.2 Å². The first-order chi connectivity index (χ1) is 10.3. The SMILES string of the molecule is CO[C@@](C(=O)N1CCC[C@H](C)C1)(c1ccccc1)C(F)(F)F. The first-order valence-electron chi connectivity index (χ1n) is 7.29. The van der Waals surface area contributed by atoms with Crippen LogP contribution in [-0.4, -0.2) is 37.2 Å². The average Bonchev–Trinajstić information content (AvgIpc) is 2.48. The van der Waals surface area contributed by atoms with Gasteiger partial charge in [-0.15, -0.1) is 0 Å². The molecular weight excluding hydrogens is 295 g/mol. The molecule has 0 unspecified atom stereocenters. The predicted octanol–water partition coefficient (Wildman–Crippen LogP) is 3.35. The Labute approximate surface area is 128 Å². The zero-order valence-corrected chi connectivity index (χ0v) is 12.7. The number of benzene rings is 1. The monoisotopic (exact) mass is 315 g/mol. The standard InChI is InChI=1S/C16H20F3NO2/c1-12-7-6-10-20(11-12)14(21)15(22-2,16(17,18)19)13-8-4-3-5-9-13/h3-5,8-9,12H,6-7,10-11H2,1-2H3/t12-,15+/m0/s1. The van der Waals surface area contributed by atoms with Crippen LogP contribution in [0.4, 0.5) is 13.2 Å². The van der Waals surface area contributed by atoms with Crippen molar-refractivity contribution in [1.29, 1.82) is 0 Å². The van der Waals surface area contributed by atoms with E-state index in [1.807, 2.05) is 6.92 Å². The number of hydrogen-bond donors (Lipinski definition) is 0. The molecule has 6 heteroatoms. The summed E-state index contributed by atoms with van der Waals surface area (Å²) < 4.78 is 46.2. The van der Waals surface area contributed by atoms with Gasteiger partial charge in [-0.05, 0) is 18.8 Å². The number of nitrogens with zero attached hydrogens (tertiary/aromatic N) is 1. The van der Waals surface area contributed by atoms with Crippen LogP contribution in [0.3, 0.4) is 0 Å². The van der Waals surface area contributed by atoms with Crippen molar-refractivity contribution in [3.05, 3.63) is 35.9 Å². The molecule has 22 heavy (non-hydrogen) atoms. The molecule has 1 fully saturated rings. The normalized spacial score (nSPS) is 22.2. The third kappa shape index (κ3) is 2.84. The Morgan fingerprint density at radius 3 is 2.41 bits per heavy atom. The molecule has 3 nitrogen and oxygen atoms in total. The first kappa shape index (κ1) is 16.8. The molecule has 0 saturated carbocycles. The molecule has 1 heterocycles. The molecule has 0 aromatic heterocycles. The molecule has 1 saturated heterocycles. The number of rotatable bonds is 3. The van der Waals surface area contributed by atoms with Crippen molar-refractivity contribution in [3.63, 3.8) is 0 Å². The summed E-state index contributed by atoms with van der Waals surface area (Å²) in [5, 5.41) is 0. The smallest absolute Gasteiger partial charge is 0.356 e. The van der Waals surface area contributed by atoms with Crippen LogP contribution in [0.1, 0.15) is 25.3 Å². The van der Waals surface area contributed by atoms with Crippen molar-refractivity contribution in [1.82, 2.24) is 4.90 Å². The van der Waals surface area contributed by atoms with Gasteiger partial charge in [0, 0.05) is 25.8 Å². The number of carbonyl (C=O) groups excluding carboxylic acids is 1. The van der Waals surface area contributed by atoms with Crippen molar-refractivity contribution in [3.8, 4) is 0 Å². The summed E-state index contributed by atoms with van der Waals surface area (Å²) in [6.07, 6.45) is -3.21. The maximum absolute atomic E-state index is 13.8. The first-order valence-corrected chi connectivity index (χ1v) is 7.29. The molecule has 0 radical (unpaired) electrons. The van der Waals surface area contributed by atoms with Crippen LogP contribution in [0.2, 0.25) is 0 Å². The highest BCUT2D eigenvalue weighted by atomic mass is 19.4. The van der Waals surface area contributed by atoms with E-state index in [0.29, 0.717) is 19.5 Å². The van der Waals surface area contributed by atoms with E-state index in [-0.39, 0.29) is 11.5 Å². The van der Waals surface area contributed by atoms with Crippen LogP contribution < -0.4 is 0 Å². The number of alkyl halides is 3. The largest absolute Gasteiger partial charge is 0.430 e. The van der Waals surface area contributed by atoms with Crippen LogP contribution in [0.5, 0.6) is 0 Å². The van der Waals surface area contributed by atoms with Crippen LogP contribution >= 0.6 is 0 Å². The summed E-state index contributed by atoms with van der Waals surface area (Å²) in [4.78, 5) is 14.0. The maximum Gasteiger partial charge on any atom is 0.430 e. The lowest BCUT2D eigenvalue weighted by molar-refractivity contribution is -0.271. The number of amides is 1. The van der Waals surface area contributed by atoms with Gasteiger partial charge in [-0.3, -0.25) is 4.79 Å². The van der Waals surface area contributed by atoms with Crippen molar-refractivity contribution < 1.29 is 22.7 Å². The fraction of sp³-hybridized carbons (Fsp3) is 0.562. The Hall–Kier alpha value is -1.56. The van der Waals surface area contributed by atoms with Crippen LogP contribution in [0, 0.1) is 5.92 Å². The van der Waals surface area contributed by atoms with E-state index in [2.05, 4.69) is 0 Å². The molecule has 0 N–H and O–H groups in total. The van der Waals surface area contributed by atoms with Gasteiger partial charge in [0.05, 0.1) is 0 Å². The van der Waals surface area contributed by atoms with E-state index >= 15 is 0 Å². The Balaban J connectivity index is 2.47. The molecule has 0 bridgehead atoms. The number of hydrogen-bond acceptors (Lipinski definition) is 2. The molecular formula is C16H20F3NO2. The van der Waals surface area contributed by atoms with Gasteiger partial charge < -0.3 is 9.64 Å². The van der Waals surface area contributed by atoms with Gasteiger partial charge in [0.1, 0.15) is 0 Å². The third-order valence-corrected chi connectivity index (χ3v) is 4.13. The van der Waals surface area contributed by atoms with Gasteiger partial charge >= 0.3 is 6.18 Å². The predicted molar refractivity (Wildman–Crippen MR) is 76.2 cm³/mol. The number of piperidine rings is 1. The lowest BCUT2D eigenvalue weighted by Crippen LogP contribution is -2.58. The van der Waals surface area contributed by atoms with Crippen LogP contribution in [-0.2, 0) is 15.1 Å². The average molecular weight is 315 g/mol. The number of ether oxygens (including phenoxy) is 1. The Kier molecular flexibility index (Phi) is 4.80. The summed E-state index contributed by atoms with van der Waals surface area (Å²) in [5.41, 5.74) is -3.13. The molecule has 2 rings (SSSR count). The third-order valence-electron chi connectivity index (χ3n) is 4.13. The fourth-order valence-electron chi connectivity index (χ4n) is 3.00. The Morgan fingerprint density at radius 1 is 1.27 bits per heavy atom. The Bertz CT molecular complexity index is 518. The molecule has 0 aliphatic carbocycles. The summed E-state index contributed by atoms with van der Waals surface area (Å²) in [6, 6.07) is 7.11. The van der Waals surface area contributed by atoms with Crippen LogP contribution in [0.15, 0.2) is 30.3 Å². The fourth-order valence-corrected chi connectivity index (χ4v) is 3.00. The minimum absolute atomic E-state index is 0.187. The van der Waals surface area contributed by atoms with E-state index in [4.69, 9.17) is 4.74 Å².